The minimum Gasteiger partial charge on any atom is -0.394 e. The van der Waals surface area contributed by atoms with Gasteiger partial charge in [-0.15, -0.1) is 0 Å². The summed E-state index contributed by atoms with van der Waals surface area (Å²) < 4.78 is 0. The third-order valence-electron chi connectivity index (χ3n) is 3.74. The summed E-state index contributed by atoms with van der Waals surface area (Å²) >= 11 is 0. The van der Waals surface area contributed by atoms with E-state index in [0.29, 0.717) is 6.04 Å². The van der Waals surface area contributed by atoms with Gasteiger partial charge in [0.2, 0.25) is 0 Å². The van der Waals surface area contributed by atoms with Crippen molar-refractivity contribution >= 4 is 0 Å². The highest BCUT2D eigenvalue weighted by atomic mass is 16.3. The zero-order chi connectivity index (χ0) is 10.6. The quantitative estimate of drug-likeness (QED) is 0.690. The first-order chi connectivity index (χ1) is 6.71. The van der Waals surface area contributed by atoms with Crippen LogP contribution in [0.3, 0.4) is 0 Å². The maximum absolute atomic E-state index is 9.38. The molecule has 0 heterocycles. The molecule has 0 amide bonds. The van der Waals surface area contributed by atoms with E-state index in [1.54, 1.807) is 0 Å². The monoisotopic (exact) mass is 200 g/mol. The van der Waals surface area contributed by atoms with Gasteiger partial charge in [0.1, 0.15) is 0 Å². The highest BCUT2D eigenvalue weighted by molar-refractivity contribution is 4.98. The number of nitrogens with one attached hydrogen (secondary N) is 1. The van der Waals surface area contributed by atoms with Crippen LogP contribution < -0.4 is 5.32 Å². The summed E-state index contributed by atoms with van der Waals surface area (Å²) in [6.45, 7) is 6.92. The van der Waals surface area contributed by atoms with Crippen LogP contribution in [0.2, 0.25) is 0 Å². The molecular formula is C11H24N2O. The zero-order valence-corrected chi connectivity index (χ0v) is 9.71. The first-order valence-electron chi connectivity index (χ1n) is 5.75. The van der Waals surface area contributed by atoms with Gasteiger partial charge in [0.25, 0.3) is 0 Å². The van der Waals surface area contributed by atoms with Crippen molar-refractivity contribution in [2.75, 3.05) is 26.7 Å². The van der Waals surface area contributed by atoms with Crippen molar-refractivity contribution in [3.8, 4) is 0 Å². The standard InChI is InChI=1S/C11H24N2O/c1-4-13(5-2)10-6-7-11(8-10,9-14)12-3/h10,12,14H,4-9H2,1-3H3. The lowest BCUT2D eigenvalue weighted by Gasteiger charge is -2.30. The molecule has 2 N–H and O–H groups in total. The lowest BCUT2D eigenvalue weighted by molar-refractivity contribution is 0.153. The van der Waals surface area contributed by atoms with E-state index in [9.17, 15) is 5.11 Å². The molecule has 0 spiro atoms. The Kier molecular flexibility index (Phi) is 4.35. The molecule has 1 fully saturated rings. The molecule has 0 aromatic heterocycles. The largest absolute Gasteiger partial charge is 0.394 e. The van der Waals surface area contributed by atoms with E-state index in [2.05, 4.69) is 24.1 Å². The van der Waals surface area contributed by atoms with Crippen LogP contribution in [0.25, 0.3) is 0 Å². The van der Waals surface area contributed by atoms with Gasteiger partial charge in [-0.3, -0.25) is 0 Å². The van der Waals surface area contributed by atoms with Crippen LogP contribution in [0.5, 0.6) is 0 Å². The molecule has 1 saturated carbocycles. The van der Waals surface area contributed by atoms with Crippen molar-refractivity contribution in [1.29, 1.82) is 0 Å². The molecule has 1 aliphatic carbocycles. The van der Waals surface area contributed by atoms with Crippen LogP contribution in [0, 0.1) is 0 Å². The first kappa shape index (κ1) is 12.0. The van der Waals surface area contributed by atoms with Crippen molar-refractivity contribution in [2.24, 2.45) is 0 Å². The summed E-state index contributed by atoms with van der Waals surface area (Å²) in [5.74, 6) is 0. The molecule has 3 heteroatoms. The molecule has 0 aliphatic heterocycles. The van der Waals surface area contributed by atoms with Gasteiger partial charge in [0.05, 0.1) is 6.61 Å². The van der Waals surface area contributed by atoms with Gasteiger partial charge in [0.15, 0.2) is 0 Å². The number of likely N-dealkylation sites (N-methyl/N-ethyl adjacent to an activating group) is 1. The minimum absolute atomic E-state index is 0.00669. The highest BCUT2D eigenvalue weighted by Crippen LogP contribution is 2.32. The topological polar surface area (TPSA) is 35.5 Å². The van der Waals surface area contributed by atoms with Crippen LogP contribution >= 0.6 is 0 Å². The Morgan fingerprint density at radius 1 is 1.43 bits per heavy atom. The predicted octanol–water partition coefficient (Wildman–Crippen LogP) is 0.831. The van der Waals surface area contributed by atoms with Gasteiger partial charge in [-0.2, -0.15) is 0 Å². The maximum atomic E-state index is 9.38. The van der Waals surface area contributed by atoms with Crippen molar-refractivity contribution in [3.63, 3.8) is 0 Å². The van der Waals surface area contributed by atoms with Crippen LogP contribution in [-0.2, 0) is 0 Å². The Morgan fingerprint density at radius 2 is 2.07 bits per heavy atom. The average Bonchev–Trinajstić information content (AvgIpc) is 2.65. The van der Waals surface area contributed by atoms with Crippen molar-refractivity contribution in [2.45, 2.75) is 44.7 Å². The van der Waals surface area contributed by atoms with Gasteiger partial charge < -0.3 is 15.3 Å². The van der Waals surface area contributed by atoms with Gasteiger partial charge in [-0.25, -0.2) is 0 Å². The number of aliphatic hydroxyl groups is 1. The zero-order valence-electron chi connectivity index (χ0n) is 9.71. The fourth-order valence-electron chi connectivity index (χ4n) is 2.60. The lowest BCUT2D eigenvalue weighted by Crippen LogP contribution is -2.46. The Labute approximate surface area is 87.5 Å². The Balaban J connectivity index is 2.54. The van der Waals surface area contributed by atoms with Crippen LogP contribution in [0.1, 0.15) is 33.1 Å². The van der Waals surface area contributed by atoms with E-state index in [0.717, 1.165) is 25.9 Å². The van der Waals surface area contributed by atoms with Gasteiger partial charge >= 0.3 is 0 Å². The van der Waals surface area contributed by atoms with E-state index in [-0.39, 0.29) is 12.1 Å². The molecule has 0 aromatic carbocycles. The van der Waals surface area contributed by atoms with Gasteiger partial charge in [-0.05, 0) is 39.4 Å². The lowest BCUT2D eigenvalue weighted by atomic mass is 9.99. The molecule has 0 saturated heterocycles. The fraction of sp³-hybridized carbons (Fsp3) is 1.00. The van der Waals surface area contributed by atoms with Crippen LogP contribution in [-0.4, -0.2) is 48.3 Å². The van der Waals surface area contributed by atoms with Crippen LogP contribution in [0.15, 0.2) is 0 Å². The number of hydrogen-bond acceptors (Lipinski definition) is 3. The smallest absolute Gasteiger partial charge is 0.0613 e. The molecule has 1 aliphatic rings. The minimum atomic E-state index is -0.00669. The second-order valence-corrected chi connectivity index (χ2v) is 4.31. The fourth-order valence-corrected chi connectivity index (χ4v) is 2.60. The SMILES string of the molecule is CCN(CC)C1CCC(CO)(NC)C1. The molecule has 3 nitrogen and oxygen atoms in total. The molecule has 0 aromatic rings. The summed E-state index contributed by atoms with van der Waals surface area (Å²) in [6, 6.07) is 0.657. The summed E-state index contributed by atoms with van der Waals surface area (Å²) in [5, 5.41) is 12.7. The van der Waals surface area contributed by atoms with E-state index in [1.807, 2.05) is 7.05 Å². The molecule has 2 atom stereocenters. The molecule has 84 valence electrons. The summed E-state index contributed by atoms with van der Waals surface area (Å²) in [5.41, 5.74) is -0.00669. The van der Waals surface area contributed by atoms with E-state index in [4.69, 9.17) is 0 Å². The maximum Gasteiger partial charge on any atom is 0.0613 e. The first-order valence-corrected chi connectivity index (χ1v) is 5.75. The molecule has 14 heavy (non-hydrogen) atoms. The Morgan fingerprint density at radius 3 is 2.43 bits per heavy atom. The summed E-state index contributed by atoms with van der Waals surface area (Å²) in [6.07, 6.45) is 3.39. The number of rotatable bonds is 5. The van der Waals surface area contributed by atoms with Crippen molar-refractivity contribution < 1.29 is 5.11 Å². The predicted molar refractivity (Wildman–Crippen MR) is 59.4 cm³/mol. The normalized spacial score (nSPS) is 32.8. The van der Waals surface area contributed by atoms with E-state index >= 15 is 0 Å². The number of aliphatic hydroxyl groups excluding tert-OH is 1. The average molecular weight is 200 g/mol. The third kappa shape index (κ3) is 2.27. The second-order valence-electron chi connectivity index (χ2n) is 4.31. The Hall–Kier alpha value is -0.120. The van der Waals surface area contributed by atoms with Gasteiger partial charge in [-0.1, -0.05) is 13.8 Å². The number of hydrogen-bond donors (Lipinski definition) is 2. The van der Waals surface area contributed by atoms with Crippen molar-refractivity contribution in [3.05, 3.63) is 0 Å². The molecule has 0 bridgehead atoms. The highest BCUT2D eigenvalue weighted by Gasteiger charge is 2.38. The van der Waals surface area contributed by atoms with E-state index in [1.165, 1.54) is 6.42 Å². The Bertz CT molecular complexity index is 165. The summed E-state index contributed by atoms with van der Waals surface area (Å²) in [7, 11) is 1.96. The number of nitrogens with zero attached hydrogens (tertiary/aromatic N) is 1. The molecule has 2 unspecified atom stereocenters. The molecular weight excluding hydrogens is 176 g/mol. The van der Waals surface area contributed by atoms with E-state index < -0.39 is 0 Å². The van der Waals surface area contributed by atoms with Crippen molar-refractivity contribution in [1.82, 2.24) is 10.2 Å². The van der Waals surface area contributed by atoms with Crippen LogP contribution in [0.4, 0.5) is 0 Å². The second kappa shape index (κ2) is 5.10. The summed E-state index contributed by atoms with van der Waals surface area (Å²) in [4.78, 5) is 2.49. The van der Waals surface area contributed by atoms with Gasteiger partial charge in [0, 0.05) is 11.6 Å². The molecule has 0 radical (unpaired) electrons. The molecule has 1 rings (SSSR count). The third-order valence-corrected chi connectivity index (χ3v) is 3.74.